The first kappa shape index (κ1) is 13.5. The zero-order chi connectivity index (χ0) is 12.0. The van der Waals surface area contributed by atoms with Crippen LogP contribution in [0.1, 0.15) is 32.6 Å². The van der Waals surface area contributed by atoms with Gasteiger partial charge in [0.15, 0.2) is 0 Å². The number of likely N-dealkylation sites (N-methyl/N-ethyl adjacent to an activating group) is 1. The summed E-state index contributed by atoms with van der Waals surface area (Å²) in [6.45, 7) is 5.47. The third-order valence-electron chi connectivity index (χ3n) is 3.38. The molecule has 0 radical (unpaired) electrons. The Morgan fingerprint density at radius 2 is 2.19 bits per heavy atom. The molecule has 0 unspecified atom stereocenters. The molecule has 4 heteroatoms. The van der Waals surface area contributed by atoms with Gasteiger partial charge in [-0.2, -0.15) is 0 Å². The van der Waals surface area contributed by atoms with Gasteiger partial charge in [0, 0.05) is 13.6 Å². The van der Waals surface area contributed by atoms with E-state index in [4.69, 9.17) is 5.73 Å². The van der Waals surface area contributed by atoms with Crippen molar-refractivity contribution in [3.05, 3.63) is 0 Å². The van der Waals surface area contributed by atoms with Crippen LogP contribution < -0.4 is 11.1 Å². The van der Waals surface area contributed by atoms with Gasteiger partial charge in [-0.25, -0.2) is 0 Å². The highest BCUT2D eigenvalue weighted by Gasteiger charge is 2.42. The molecule has 0 aromatic rings. The largest absolute Gasteiger partial charge is 0.358 e. The van der Waals surface area contributed by atoms with Gasteiger partial charge < -0.3 is 11.1 Å². The van der Waals surface area contributed by atoms with Gasteiger partial charge in [0.1, 0.15) is 0 Å². The molecule has 0 heterocycles. The Hall–Kier alpha value is -0.610. The molecule has 0 spiro atoms. The second-order valence-corrected chi connectivity index (χ2v) is 4.92. The van der Waals surface area contributed by atoms with Crippen LogP contribution in [0.15, 0.2) is 0 Å². The van der Waals surface area contributed by atoms with Gasteiger partial charge in [0.25, 0.3) is 0 Å². The first-order chi connectivity index (χ1) is 7.65. The third-order valence-corrected chi connectivity index (χ3v) is 3.38. The normalized spacial score (nSPS) is 17.5. The molecule has 0 atom stereocenters. The van der Waals surface area contributed by atoms with Crippen molar-refractivity contribution in [3.8, 4) is 0 Å². The summed E-state index contributed by atoms with van der Waals surface area (Å²) in [6, 6.07) is 0. The summed E-state index contributed by atoms with van der Waals surface area (Å²) in [5, 5.41) is 2.69. The van der Waals surface area contributed by atoms with Crippen molar-refractivity contribution in [2.45, 2.75) is 32.6 Å². The number of nitrogens with zero attached hydrogens (tertiary/aromatic N) is 1. The lowest BCUT2D eigenvalue weighted by Gasteiger charge is -2.26. The van der Waals surface area contributed by atoms with Gasteiger partial charge in [-0.3, -0.25) is 9.69 Å². The molecule has 3 N–H and O–H groups in total. The summed E-state index contributed by atoms with van der Waals surface area (Å²) in [7, 11) is 1.69. The Kier molecular flexibility index (Phi) is 5.22. The molecule has 0 aliphatic heterocycles. The van der Waals surface area contributed by atoms with Gasteiger partial charge in [0.05, 0.1) is 6.54 Å². The smallest absolute Gasteiger partial charge is 0.233 e. The molecule has 4 nitrogen and oxygen atoms in total. The molecule has 1 aliphatic carbocycles. The molecule has 1 amide bonds. The topological polar surface area (TPSA) is 58.4 Å². The fraction of sp³-hybridized carbons (Fsp3) is 0.917. The number of nitrogens with one attached hydrogen (secondary N) is 1. The lowest BCUT2D eigenvalue weighted by molar-refractivity contribution is -0.121. The summed E-state index contributed by atoms with van der Waals surface area (Å²) < 4.78 is 0. The van der Waals surface area contributed by atoms with E-state index < -0.39 is 0 Å². The van der Waals surface area contributed by atoms with Gasteiger partial charge >= 0.3 is 0 Å². The van der Waals surface area contributed by atoms with E-state index in [0.717, 1.165) is 32.5 Å². The Bertz CT molecular complexity index is 226. The highest BCUT2D eigenvalue weighted by molar-refractivity contribution is 5.77. The number of carbonyl (C=O) groups excluding carboxylic acids is 1. The van der Waals surface area contributed by atoms with Crippen molar-refractivity contribution in [2.24, 2.45) is 11.1 Å². The van der Waals surface area contributed by atoms with Crippen LogP contribution in [0.25, 0.3) is 0 Å². The number of nitrogens with two attached hydrogens (primary N) is 1. The minimum Gasteiger partial charge on any atom is -0.358 e. The second-order valence-electron chi connectivity index (χ2n) is 4.92. The Labute approximate surface area is 98.6 Å². The van der Waals surface area contributed by atoms with E-state index in [0.29, 0.717) is 12.0 Å². The maximum absolute atomic E-state index is 11.4. The average Bonchev–Trinajstić information content (AvgIpc) is 2.98. The summed E-state index contributed by atoms with van der Waals surface area (Å²) >= 11 is 0. The summed E-state index contributed by atoms with van der Waals surface area (Å²) in [4.78, 5) is 13.6. The monoisotopic (exact) mass is 227 g/mol. The zero-order valence-electron chi connectivity index (χ0n) is 10.6. The molecule has 0 bridgehead atoms. The van der Waals surface area contributed by atoms with Gasteiger partial charge in [-0.15, -0.1) is 0 Å². The number of carbonyl (C=O) groups is 1. The maximum Gasteiger partial charge on any atom is 0.233 e. The summed E-state index contributed by atoms with van der Waals surface area (Å²) in [6.07, 6.45) is 4.74. The first-order valence-electron chi connectivity index (χ1n) is 6.29. The van der Waals surface area contributed by atoms with Crippen molar-refractivity contribution in [3.63, 3.8) is 0 Å². The second kappa shape index (κ2) is 6.21. The average molecular weight is 227 g/mol. The SMILES string of the molecule is CCCN(CC(=O)NC)CC1(CCN)CC1. The van der Waals surface area contributed by atoms with Crippen molar-refractivity contribution in [2.75, 3.05) is 33.2 Å². The molecular weight excluding hydrogens is 202 g/mol. The molecule has 1 saturated carbocycles. The number of amides is 1. The Morgan fingerprint density at radius 1 is 1.50 bits per heavy atom. The van der Waals surface area contributed by atoms with E-state index in [1.807, 2.05) is 0 Å². The number of hydrogen-bond donors (Lipinski definition) is 2. The highest BCUT2D eigenvalue weighted by atomic mass is 16.1. The van der Waals surface area contributed by atoms with E-state index in [9.17, 15) is 4.79 Å². The van der Waals surface area contributed by atoms with E-state index >= 15 is 0 Å². The van der Waals surface area contributed by atoms with Crippen molar-refractivity contribution in [1.29, 1.82) is 0 Å². The molecule has 1 fully saturated rings. The molecule has 16 heavy (non-hydrogen) atoms. The van der Waals surface area contributed by atoms with Crippen LogP contribution in [0.5, 0.6) is 0 Å². The zero-order valence-corrected chi connectivity index (χ0v) is 10.6. The standard InChI is InChI=1S/C12H25N3O/c1-3-8-15(9-11(16)14-2)10-12(4-5-12)6-7-13/h3-10,13H2,1-2H3,(H,14,16). The van der Waals surface area contributed by atoms with Crippen LogP contribution >= 0.6 is 0 Å². The predicted octanol–water partition coefficient (Wildman–Crippen LogP) is 0.573. The third kappa shape index (κ3) is 4.10. The van der Waals surface area contributed by atoms with E-state index in [1.54, 1.807) is 7.05 Å². The highest BCUT2D eigenvalue weighted by Crippen LogP contribution is 2.48. The summed E-state index contributed by atoms with van der Waals surface area (Å²) in [5.41, 5.74) is 6.06. The lowest BCUT2D eigenvalue weighted by Crippen LogP contribution is -2.39. The van der Waals surface area contributed by atoms with E-state index in [2.05, 4.69) is 17.1 Å². The Morgan fingerprint density at radius 3 is 2.62 bits per heavy atom. The van der Waals surface area contributed by atoms with E-state index in [-0.39, 0.29) is 5.91 Å². The van der Waals surface area contributed by atoms with E-state index in [1.165, 1.54) is 12.8 Å². The minimum atomic E-state index is 0.108. The van der Waals surface area contributed by atoms with Crippen LogP contribution in [0.3, 0.4) is 0 Å². The van der Waals surface area contributed by atoms with Gasteiger partial charge in [-0.1, -0.05) is 6.92 Å². The first-order valence-corrected chi connectivity index (χ1v) is 6.29. The molecule has 0 aromatic carbocycles. The Balaban J connectivity index is 2.41. The summed E-state index contributed by atoms with van der Waals surface area (Å²) in [5.74, 6) is 0.108. The number of rotatable bonds is 8. The molecule has 0 saturated heterocycles. The van der Waals surface area contributed by atoms with Gasteiger partial charge in [0.2, 0.25) is 5.91 Å². The van der Waals surface area contributed by atoms with Crippen molar-refractivity contribution < 1.29 is 4.79 Å². The molecule has 94 valence electrons. The quantitative estimate of drug-likeness (QED) is 0.637. The molecular formula is C12H25N3O. The van der Waals surface area contributed by atoms with Gasteiger partial charge in [-0.05, 0) is 44.2 Å². The number of hydrogen-bond acceptors (Lipinski definition) is 3. The van der Waals surface area contributed by atoms with Crippen LogP contribution in [-0.4, -0.2) is 44.0 Å². The lowest BCUT2D eigenvalue weighted by atomic mass is 10.0. The molecule has 1 aliphatic rings. The fourth-order valence-corrected chi connectivity index (χ4v) is 2.26. The maximum atomic E-state index is 11.4. The molecule has 0 aromatic heterocycles. The van der Waals surface area contributed by atoms with Crippen molar-refractivity contribution in [1.82, 2.24) is 10.2 Å². The van der Waals surface area contributed by atoms with Crippen molar-refractivity contribution >= 4 is 5.91 Å². The minimum absolute atomic E-state index is 0.108. The van der Waals surface area contributed by atoms with Crippen LogP contribution in [-0.2, 0) is 4.79 Å². The van der Waals surface area contributed by atoms with Crippen LogP contribution in [0, 0.1) is 5.41 Å². The van der Waals surface area contributed by atoms with Crippen LogP contribution in [0.2, 0.25) is 0 Å². The molecule has 1 rings (SSSR count). The fourth-order valence-electron chi connectivity index (χ4n) is 2.26. The predicted molar refractivity (Wildman–Crippen MR) is 66.1 cm³/mol. The van der Waals surface area contributed by atoms with Crippen LogP contribution in [0.4, 0.5) is 0 Å².